The van der Waals surface area contributed by atoms with E-state index in [-0.39, 0.29) is 11.7 Å². The number of rotatable bonds is 3. The summed E-state index contributed by atoms with van der Waals surface area (Å²) >= 11 is 0. The van der Waals surface area contributed by atoms with Gasteiger partial charge in [-0.2, -0.15) is 0 Å². The maximum absolute atomic E-state index is 11.3. The lowest BCUT2D eigenvalue weighted by Gasteiger charge is -2.26. The molecule has 0 heterocycles. The van der Waals surface area contributed by atoms with Gasteiger partial charge in [0.25, 0.3) is 0 Å². The van der Waals surface area contributed by atoms with Crippen molar-refractivity contribution in [3.05, 3.63) is 12.7 Å². The monoisotopic (exact) mass is 182 g/mol. The number of carbonyl (C=O) groups is 2. The highest BCUT2D eigenvalue weighted by Gasteiger charge is 2.34. The average Bonchev–Trinajstić information content (AvgIpc) is 2.16. The van der Waals surface area contributed by atoms with Crippen LogP contribution in [0.5, 0.6) is 0 Å². The molecule has 2 atom stereocenters. The van der Waals surface area contributed by atoms with Gasteiger partial charge in [0, 0.05) is 5.92 Å². The summed E-state index contributed by atoms with van der Waals surface area (Å²) in [6, 6.07) is 0. The fraction of sp³-hybridized carbons (Fsp3) is 0.600. The van der Waals surface area contributed by atoms with Crippen LogP contribution >= 0.6 is 0 Å². The number of hydrogen-bond acceptors (Lipinski definition) is 2. The van der Waals surface area contributed by atoms with Gasteiger partial charge in [-0.25, -0.2) is 0 Å². The van der Waals surface area contributed by atoms with Crippen molar-refractivity contribution in [3.8, 4) is 0 Å². The molecular formula is C10H14O3. The Bertz CT molecular complexity index is 232. The van der Waals surface area contributed by atoms with Gasteiger partial charge in [-0.1, -0.05) is 19.4 Å². The number of aliphatic carboxylic acids is 1. The highest BCUT2D eigenvalue weighted by molar-refractivity contribution is 5.94. The first-order chi connectivity index (χ1) is 6.16. The van der Waals surface area contributed by atoms with Crippen molar-refractivity contribution in [2.24, 2.45) is 11.8 Å². The second kappa shape index (κ2) is 4.21. The van der Waals surface area contributed by atoms with E-state index < -0.39 is 11.9 Å². The summed E-state index contributed by atoms with van der Waals surface area (Å²) in [4.78, 5) is 22.1. The lowest BCUT2D eigenvalue weighted by Crippen LogP contribution is -2.31. The molecule has 0 saturated heterocycles. The first-order valence-corrected chi connectivity index (χ1v) is 4.56. The van der Waals surface area contributed by atoms with Crippen LogP contribution in [0.4, 0.5) is 0 Å². The Morgan fingerprint density at radius 2 is 1.77 bits per heavy atom. The molecule has 0 amide bonds. The molecule has 0 aromatic rings. The Morgan fingerprint density at radius 3 is 2.23 bits per heavy atom. The van der Waals surface area contributed by atoms with E-state index in [2.05, 4.69) is 6.58 Å². The van der Waals surface area contributed by atoms with Gasteiger partial charge in [0.1, 0.15) is 0 Å². The largest absolute Gasteiger partial charge is 0.481 e. The van der Waals surface area contributed by atoms with Crippen molar-refractivity contribution < 1.29 is 14.7 Å². The molecule has 0 aromatic carbocycles. The second-order valence-corrected chi connectivity index (χ2v) is 3.44. The third kappa shape index (κ3) is 2.17. The molecule has 0 aromatic heterocycles. The van der Waals surface area contributed by atoms with Gasteiger partial charge in [-0.05, 0) is 18.9 Å². The van der Waals surface area contributed by atoms with Gasteiger partial charge >= 0.3 is 5.97 Å². The van der Waals surface area contributed by atoms with Gasteiger partial charge in [0.2, 0.25) is 0 Å². The van der Waals surface area contributed by atoms with Gasteiger partial charge in [-0.3, -0.25) is 9.59 Å². The molecule has 0 radical (unpaired) electrons. The molecular weight excluding hydrogens is 168 g/mol. The quantitative estimate of drug-likeness (QED) is 0.675. The maximum Gasteiger partial charge on any atom is 0.307 e. The molecule has 1 rings (SSSR count). The Balaban J connectivity index is 2.72. The van der Waals surface area contributed by atoms with Crippen molar-refractivity contribution in [1.82, 2.24) is 0 Å². The topological polar surface area (TPSA) is 54.4 Å². The third-order valence-electron chi connectivity index (χ3n) is 2.65. The summed E-state index contributed by atoms with van der Waals surface area (Å²) in [5.74, 6) is -1.78. The number of carboxylic acid groups (broad SMARTS) is 1. The molecule has 0 aliphatic heterocycles. The number of ketones is 1. The molecule has 1 aliphatic rings. The standard InChI is InChI=1S/C10H14O3/c1-2-9(11)7-5-3-4-6-8(7)10(12)13/h2,7-8H,1,3-6H2,(H,12,13)/t7-,8-/m1/s1. The van der Waals surface area contributed by atoms with Crippen LogP contribution in [0.25, 0.3) is 0 Å². The number of allylic oxidation sites excluding steroid dienone is 1. The molecule has 3 heteroatoms. The van der Waals surface area contributed by atoms with Gasteiger partial charge in [0.15, 0.2) is 5.78 Å². The van der Waals surface area contributed by atoms with Crippen LogP contribution in [-0.2, 0) is 9.59 Å². The van der Waals surface area contributed by atoms with Crippen LogP contribution in [0.2, 0.25) is 0 Å². The molecule has 72 valence electrons. The normalized spacial score (nSPS) is 28.0. The fourth-order valence-corrected chi connectivity index (χ4v) is 1.92. The van der Waals surface area contributed by atoms with Crippen molar-refractivity contribution in [1.29, 1.82) is 0 Å². The van der Waals surface area contributed by atoms with Gasteiger partial charge < -0.3 is 5.11 Å². The van der Waals surface area contributed by atoms with E-state index in [9.17, 15) is 9.59 Å². The Morgan fingerprint density at radius 1 is 1.23 bits per heavy atom. The SMILES string of the molecule is C=CC(=O)[C@@H]1CCCC[C@H]1C(=O)O. The second-order valence-electron chi connectivity index (χ2n) is 3.44. The Labute approximate surface area is 77.4 Å². The van der Waals surface area contributed by atoms with E-state index in [0.717, 1.165) is 12.8 Å². The predicted octanol–water partition coefficient (Wildman–Crippen LogP) is 1.63. The van der Waals surface area contributed by atoms with E-state index in [1.807, 2.05) is 0 Å². The summed E-state index contributed by atoms with van der Waals surface area (Å²) in [5, 5.41) is 8.87. The molecule has 1 fully saturated rings. The van der Waals surface area contributed by atoms with Crippen LogP contribution in [0, 0.1) is 11.8 Å². The van der Waals surface area contributed by atoms with Crippen molar-refractivity contribution in [2.45, 2.75) is 25.7 Å². The van der Waals surface area contributed by atoms with E-state index in [1.54, 1.807) is 0 Å². The van der Waals surface area contributed by atoms with Crippen LogP contribution in [0.1, 0.15) is 25.7 Å². The molecule has 1 saturated carbocycles. The first kappa shape index (κ1) is 9.96. The van der Waals surface area contributed by atoms with E-state index in [4.69, 9.17) is 5.11 Å². The Hall–Kier alpha value is -1.12. The zero-order valence-electron chi connectivity index (χ0n) is 7.53. The fourth-order valence-electron chi connectivity index (χ4n) is 1.92. The highest BCUT2D eigenvalue weighted by atomic mass is 16.4. The summed E-state index contributed by atoms with van der Waals surface area (Å²) in [5.41, 5.74) is 0. The maximum atomic E-state index is 11.3. The van der Waals surface area contributed by atoms with Crippen molar-refractivity contribution in [2.75, 3.05) is 0 Å². The number of hydrogen-bond donors (Lipinski definition) is 1. The molecule has 0 spiro atoms. The lowest BCUT2D eigenvalue weighted by molar-refractivity contribution is -0.147. The van der Waals surface area contributed by atoms with E-state index in [0.29, 0.717) is 12.8 Å². The molecule has 13 heavy (non-hydrogen) atoms. The first-order valence-electron chi connectivity index (χ1n) is 4.56. The summed E-state index contributed by atoms with van der Waals surface area (Å²) < 4.78 is 0. The summed E-state index contributed by atoms with van der Waals surface area (Å²) in [6.45, 7) is 3.39. The lowest BCUT2D eigenvalue weighted by atomic mass is 9.77. The van der Waals surface area contributed by atoms with Crippen molar-refractivity contribution in [3.63, 3.8) is 0 Å². The number of carbonyl (C=O) groups excluding carboxylic acids is 1. The summed E-state index contributed by atoms with van der Waals surface area (Å²) in [6.07, 6.45) is 4.43. The van der Waals surface area contributed by atoms with Gasteiger partial charge in [-0.15, -0.1) is 0 Å². The zero-order valence-corrected chi connectivity index (χ0v) is 7.53. The predicted molar refractivity (Wildman–Crippen MR) is 48.3 cm³/mol. The van der Waals surface area contributed by atoms with E-state index in [1.165, 1.54) is 6.08 Å². The molecule has 1 aliphatic carbocycles. The molecule has 0 unspecified atom stereocenters. The van der Waals surface area contributed by atoms with Crippen LogP contribution in [-0.4, -0.2) is 16.9 Å². The summed E-state index contributed by atoms with van der Waals surface area (Å²) in [7, 11) is 0. The van der Waals surface area contributed by atoms with Crippen LogP contribution in [0.3, 0.4) is 0 Å². The van der Waals surface area contributed by atoms with Gasteiger partial charge in [0.05, 0.1) is 5.92 Å². The molecule has 1 N–H and O–H groups in total. The average molecular weight is 182 g/mol. The van der Waals surface area contributed by atoms with Crippen molar-refractivity contribution >= 4 is 11.8 Å². The highest BCUT2D eigenvalue weighted by Crippen LogP contribution is 2.30. The minimum absolute atomic E-state index is 0.118. The zero-order chi connectivity index (χ0) is 9.84. The Kier molecular flexibility index (Phi) is 3.23. The minimum atomic E-state index is -0.847. The molecule has 3 nitrogen and oxygen atoms in total. The van der Waals surface area contributed by atoms with Crippen LogP contribution in [0.15, 0.2) is 12.7 Å². The molecule has 0 bridgehead atoms. The number of carboxylic acids is 1. The smallest absolute Gasteiger partial charge is 0.307 e. The minimum Gasteiger partial charge on any atom is -0.481 e. The third-order valence-corrected chi connectivity index (χ3v) is 2.65. The van der Waals surface area contributed by atoms with E-state index >= 15 is 0 Å². The van der Waals surface area contributed by atoms with Crippen LogP contribution < -0.4 is 0 Å².